The number of amides is 1. The van der Waals surface area contributed by atoms with Crippen LogP contribution in [0.2, 0.25) is 0 Å². The molecule has 0 aromatic heterocycles. The van der Waals surface area contributed by atoms with Gasteiger partial charge < -0.3 is 10.4 Å². The summed E-state index contributed by atoms with van der Waals surface area (Å²) in [5, 5.41) is 11.3. The molecule has 0 bridgehead atoms. The summed E-state index contributed by atoms with van der Waals surface area (Å²) in [6, 6.07) is 5.34. The Hall–Kier alpha value is -2.10. The number of nitrogens with one attached hydrogen (secondary N) is 1. The lowest BCUT2D eigenvalue weighted by atomic mass is 10.1. The zero-order valence-electron chi connectivity index (χ0n) is 9.86. The van der Waals surface area contributed by atoms with Gasteiger partial charge in [-0.15, -0.1) is 0 Å². The van der Waals surface area contributed by atoms with E-state index in [9.17, 15) is 9.59 Å². The number of aryl methyl sites for hydroxylation is 1. The summed E-state index contributed by atoms with van der Waals surface area (Å²) >= 11 is 0. The molecule has 0 heterocycles. The number of hydrogen-bond acceptors (Lipinski definition) is 2. The van der Waals surface area contributed by atoms with E-state index >= 15 is 0 Å². The lowest BCUT2D eigenvalue weighted by Crippen LogP contribution is -2.09. The molecular formula is C13H15NO3. The molecule has 0 aliphatic rings. The van der Waals surface area contributed by atoms with Crippen molar-refractivity contribution in [2.24, 2.45) is 0 Å². The summed E-state index contributed by atoms with van der Waals surface area (Å²) in [4.78, 5) is 21.6. The van der Waals surface area contributed by atoms with Gasteiger partial charge in [0.15, 0.2) is 0 Å². The van der Waals surface area contributed by atoms with Gasteiger partial charge in [-0.05, 0) is 36.3 Å². The predicted molar refractivity (Wildman–Crippen MR) is 66.8 cm³/mol. The molecule has 0 unspecified atom stereocenters. The molecule has 2 N–H and O–H groups in total. The van der Waals surface area contributed by atoms with Crippen LogP contribution in [0.15, 0.2) is 24.3 Å². The van der Waals surface area contributed by atoms with E-state index in [1.54, 1.807) is 19.1 Å². The van der Waals surface area contributed by atoms with Gasteiger partial charge in [0.1, 0.15) is 0 Å². The van der Waals surface area contributed by atoms with Crippen LogP contribution in [0.5, 0.6) is 0 Å². The van der Waals surface area contributed by atoms with E-state index < -0.39 is 5.97 Å². The van der Waals surface area contributed by atoms with Gasteiger partial charge in [0.05, 0.1) is 0 Å². The number of carboxylic acid groups (broad SMARTS) is 1. The van der Waals surface area contributed by atoms with Crippen molar-refractivity contribution >= 4 is 23.6 Å². The van der Waals surface area contributed by atoms with Crippen molar-refractivity contribution in [1.82, 2.24) is 0 Å². The minimum atomic E-state index is -0.979. The summed E-state index contributed by atoms with van der Waals surface area (Å²) in [7, 11) is 0. The molecule has 0 aliphatic heterocycles. The first-order valence-corrected chi connectivity index (χ1v) is 5.34. The van der Waals surface area contributed by atoms with Crippen LogP contribution in [-0.2, 0) is 9.59 Å². The SMILES string of the molecule is CCC(=O)Nc1ccc(C=CC(=O)O)c(C)c1. The van der Waals surface area contributed by atoms with Gasteiger partial charge in [-0.25, -0.2) is 4.79 Å². The fourth-order valence-electron chi connectivity index (χ4n) is 1.35. The highest BCUT2D eigenvalue weighted by atomic mass is 16.4. The maximum absolute atomic E-state index is 11.2. The highest BCUT2D eigenvalue weighted by Gasteiger charge is 2.01. The Morgan fingerprint density at radius 2 is 2.12 bits per heavy atom. The predicted octanol–water partition coefficient (Wildman–Crippen LogP) is 2.44. The number of anilines is 1. The van der Waals surface area contributed by atoms with Gasteiger partial charge in [0, 0.05) is 18.2 Å². The molecule has 4 nitrogen and oxygen atoms in total. The van der Waals surface area contributed by atoms with E-state index in [1.165, 1.54) is 6.08 Å². The Labute approximate surface area is 100.0 Å². The van der Waals surface area contributed by atoms with E-state index in [0.29, 0.717) is 6.42 Å². The minimum absolute atomic E-state index is 0.0433. The summed E-state index contributed by atoms with van der Waals surface area (Å²) < 4.78 is 0. The largest absolute Gasteiger partial charge is 0.478 e. The van der Waals surface area contributed by atoms with E-state index in [4.69, 9.17) is 5.11 Å². The number of hydrogen-bond donors (Lipinski definition) is 2. The average molecular weight is 233 g/mol. The molecule has 90 valence electrons. The van der Waals surface area contributed by atoms with Crippen molar-refractivity contribution in [2.75, 3.05) is 5.32 Å². The lowest BCUT2D eigenvalue weighted by molar-refractivity contribution is -0.131. The Morgan fingerprint density at radius 3 is 2.65 bits per heavy atom. The van der Waals surface area contributed by atoms with Gasteiger partial charge in [-0.3, -0.25) is 4.79 Å². The molecule has 1 rings (SSSR count). The standard InChI is InChI=1S/C13H15NO3/c1-3-12(15)14-11-6-4-10(9(2)8-11)5-7-13(16)17/h4-8H,3H2,1-2H3,(H,14,15)(H,16,17). The third-order valence-electron chi connectivity index (χ3n) is 2.28. The number of carbonyl (C=O) groups excluding carboxylic acids is 1. The van der Waals surface area contributed by atoms with Crippen molar-refractivity contribution < 1.29 is 14.7 Å². The smallest absolute Gasteiger partial charge is 0.328 e. The molecule has 0 aliphatic carbocycles. The topological polar surface area (TPSA) is 66.4 Å². The van der Waals surface area contributed by atoms with Crippen molar-refractivity contribution in [1.29, 1.82) is 0 Å². The van der Waals surface area contributed by atoms with E-state index in [2.05, 4.69) is 5.32 Å². The molecule has 0 fully saturated rings. The lowest BCUT2D eigenvalue weighted by Gasteiger charge is -2.06. The van der Waals surface area contributed by atoms with E-state index in [0.717, 1.165) is 22.9 Å². The second kappa shape index (κ2) is 5.84. The Bertz CT molecular complexity index is 464. The normalized spacial score (nSPS) is 10.5. The number of carbonyl (C=O) groups is 2. The molecule has 4 heteroatoms. The Morgan fingerprint density at radius 1 is 1.41 bits per heavy atom. The number of benzene rings is 1. The molecule has 1 amide bonds. The van der Waals surface area contributed by atoms with Gasteiger partial charge in [-0.2, -0.15) is 0 Å². The van der Waals surface area contributed by atoms with Crippen LogP contribution >= 0.6 is 0 Å². The van der Waals surface area contributed by atoms with Crippen molar-refractivity contribution in [3.8, 4) is 0 Å². The summed E-state index contributed by atoms with van der Waals surface area (Å²) in [6.45, 7) is 3.65. The third kappa shape index (κ3) is 4.10. The van der Waals surface area contributed by atoms with Crippen LogP contribution in [0.1, 0.15) is 24.5 Å². The van der Waals surface area contributed by atoms with Crippen LogP contribution in [0.25, 0.3) is 6.08 Å². The summed E-state index contributed by atoms with van der Waals surface area (Å²) in [5.41, 5.74) is 2.46. The van der Waals surface area contributed by atoms with Crippen LogP contribution < -0.4 is 5.32 Å². The minimum Gasteiger partial charge on any atom is -0.478 e. The van der Waals surface area contributed by atoms with Gasteiger partial charge in [0.25, 0.3) is 0 Å². The number of rotatable bonds is 4. The highest BCUT2D eigenvalue weighted by Crippen LogP contribution is 2.16. The first-order chi connectivity index (χ1) is 8.02. The Kier molecular flexibility index (Phi) is 4.46. The van der Waals surface area contributed by atoms with Crippen molar-refractivity contribution in [3.63, 3.8) is 0 Å². The number of aliphatic carboxylic acids is 1. The maximum atomic E-state index is 11.2. The Balaban J connectivity index is 2.86. The van der Waals surface area contributed by atoms with Gasteiger partial charge >= 0.3 is 5.97 Å². The summed E-state index contributed by atoms with van der Waals surface area (Å²) in [6.07, 6.45) is 3.05. The van der Waals surface area contributed by atoms with Gasteiger partial charge in [0.2, 0.25) is 5.91 Å². The molecule has 0 saturated heterocycles. The van der Waals surface area contributed by atoms with E-state index in [1.807, 2.05) is 13.0 Å². The zero-order valence-corrected chi connectivity index (χ0v) is 9.86. The molecule has 1 aromatic carbocycles. The molecule has 0 spiro atoms. The second-order valence-electron chi connectivity index (χ2n) is 3.64. The van der Waals surface area contributed by atoms with Crippen LogP contribution in [0.3, 0.4) is 0 Å². The van der Waals surface area contributed by atoms with E-state index in [-0.39, 0.29) is 5.91 Å². The fraction of sp³-hybridized carbons (Fsp3) is 0.231. The quantitative estimate of drug-likeness (QED) is 0.785. The monoisotopic (exact) mass is 233 g/mol. The molecule has 0 radical (unpaired) electrons. The fourth-order valence-corrected chi connectivity index (χ4v) is 1.35. The van der Waals surface area contributed by atoms with Gasteiger partial charge in [-0.1, -0.05) is 13.0 Å². The average Bonchev–Trinajstić information content (AvgIpc) is 2.27. The second-order valence-corrected chi connectivity index (χ2v) is 3.64. The van der Waals surface area contributed by atoms with Crippen molar-refractivity contribution in [2.45, 2.75) is 20.3 Å². The number of carboxylic acids is 1. The molecule has 0 atom stereocenters. The first kappa shape index (κ1) is 13.0. The summed E-state index contributed by atoms with van der Waals surface area (Å²) in [5.74, 6) is -1.02. The van der Waals surface area contributed by atoms with Crippen LogP contribution in [-0.4, -0.2) is 17.0 Å². The first-order valence-electron chi connectivity index (χ1n) is 5.34. The molecule has 17 heavy (non-hydrogen) atoms. The molecule has 1 aromatic rings. The van der Waals surface area contributed by atoms with Crippen LogP contribution in [0, 0.1) is 6.92 Å². The maximum Gasteiger partial charge on any atom is 0.328 e. The third-order valence-corrected chi connectivity index (χ3v) is 2.28. The van der Waals surface area contributed by atoms with Crippen LogP contribution in [0.4, 0.5) is 5.69 Å². The van der Waals surface area contributed by atoms with Crippen molar-refractivity contribution in [3.05, 3.63) is 35.4 Å². The molecule has 0 saturated carbocycles. The highest BCUT2D eigenvalue weighted by molar-refractivity contribution is 5.91. The zero-order chi connectivity index (χ0) is 12.8. The molecular weight excluding hydrogens is 218 g/mol.